The van der Waals surface area contributed by atoms with Crippen LogP contribution in [0.2, 0.25) is 0 Å². The van der Waals surface area contributed by atoms with Crippen LogP contribution >= 0.6 is 0 Å². The van der Waals surface area contributed by atoms with Crippen molar-refractivity contribution in [2.45, 2.75) is 59.0 Å². The highest BCUT2D eigenvalue weighted by Gasteiger charge is 2.34. The van der Waals surface area contributed by atoms with Gasteiger partial charge in [-0.15, -0.1) is 0 Å². The van der Waals surface area contributed by atoms with Crippen molar-refractivity contribution in [2.75, 3.05) is 39.8 Å². The van der Waals surface area contributed by atoms with Crippen LogP contribution in [0.1, 0.15) is 47.5 Å². The van der Waals surface area contributed by atoms with Crippen LogP contribution in [0, 0.1) is 0 Å². The molecule has 5 heteroatoms. The summed E-state index contributed by atoms with van der Waals surface area (Å²) in [5, 5.41) is 12.3. The first-order valence-corrected chi connectivity index (χ1v) is 8.23. The summed E-state index contributed by atoms with van der Waals surface area (Å²) in [6, 6.07) is 0.250. The number of rotatable bonds is 12. The zero-order valence-electron chi connectivity index (χ0n) is 14.8. The van der Waals surface area contributed by atoms with Crippen molar-refractivity contribution in [1.29, 1.82) is 0 Å². The van der Waals surface area contributed by atoms with Crippen molar-refractivity contribution in [3.8, 4) is 0 Å². The van der Waals surface area contributed by atoms with Crippen LogP contribution in [0.15, 0.2) is 0 Å². The smallest absolute Gasteiger partial charge is 0.323 e. The summed E-state index contributed by atoms with van der Waals surface area (Å²) in [6.07, 6.45) is 1.74. The molecule has 2 N–H and O–H groups in total. The molecule has 0 saturated carbocycles. The lowest BCUT2D eigenvalue weighted by Crippen LogP contribution is -2.52. The van der Waals surface area contributed by atoms with Crippen LogP contribution in [0.3, 0.4) is 0 Å². The second-order valence-electron chi connectivity index (χ2n) is 5.95. The van der Waals surface area contributed by atoms with Gasteiger partial charge in [0.2, 0.25) is 0 Å². The first kappa shape index (κ1) is 20.3. The maximum atomic E-state index is 11.4. The Labute approximate surface area is 130 Å². The molecule has 0 aliphatic heterocycles. The lowest BCUT2D eigenvalue weighted by Gasteiger charge is -2.34. The van der Waals surface area contributed by atoms with Gasteiger partial charge in [-0.3, -0.25) is 4.79 Å². The molecule has 0 aromatic carbocycles. The lowest BCUT2D eigenvalue weighted by molar-refractivity contribution is -0.144. The third-order valence-electron chi connectivity index (χ3n) is 4.57. The molecule has 0 saturated heterocycles. The van der Waals surface area contributed by atoms with Crippen molar-refractivity contribution < 1.29 is 9.90 Å². The van der Waals surface area contributed by atoms with E-state index in [0.29, 0.717) is 6.42 Å². The molecule has 0 aromatic heterocycles. The van der Waals surface area contributed by atoms with E-state index in [4.69, 9.17) is 0 Å². The second kappa shape index (κ2) is 10.1. The highest BCUT2D eigenvalue weighted by atomic mass is 16.4. The zero-order chi connectivity index (χ0) is 16.5. The highest BCUT2D eigenvalue weighted by Crippen LogP contribution is 2.16. The van der Waals surface area contributed by atoms with Crippen molar-refractivity contribution in [1.82, 2.24) is 15.1 Å². The largest absolute Gasteiger partial charge is 0.480 e. The average Bonchev–Trinajstić information content (AvgIpc) is 2.47. The molecular weight excluding hydrogens is 266 g/mol. The number of hydrogen-bond acceptors (Lipinski definition) is 4. The van der Waals surface area contributed by atoms with Crippen molar-refractivity contribution >= 4 is 5.97 Å². The summed E-state index contributed by atoms with van der Waals surface area (Å²) >= 11 is 0. The quantitative estimate of drug-likeness (QED) is 0.576. The van der Waals surface area contributed by atoms with E-state index in [1.807, 2.05) is 0 Å². The molecule has 2 atom stereocenters. The minimum absolute atomic E-state index is 0.250. The van der Waals surface area contributed by atoms with Crippen LogP contribution < -0.4 is 5.32 Å². The Bertz CT molecular complexity index is 295. The van der Waals surface area contributed by atoms with Gasteiger partial charge in [0.05, 0.1) is 0 Å². The minimum Gasteiger partial charge on any atom is -0.480 e. The molecule has 0 heterocycles. The molecule has 0 aromatic rings. The molecule has 0 fully saturated rings. The van der Waals surface area contributed by atoms with Gasteiger partial charge in [0.1, 0.15) is 5.54 Å². The van der Waals surface area contributed by atoms with E-state index in [9.17, 15) is 9.90 Å². The Morgan fingerprint density at radius 1 is 1.19 bits per heavy atom. The van der Waals surface area contributed by atoms with Crippen LogP contribution in [0.5, 0.6) is 0 Å². The first-order valence-electron chi connectivity index (χ1n) is 8.23. The Balaban J connectivity index is 4.42. The van der Waals surface area contributed by atoms with Crippen LogP contribution in [0.4, 0.5) is 0 Å². The van der Waals surface area contributed by atoms with Gasteiger partial charge in [-0.25, -0.2) is 0 Å². The van der Waals surface area contributed by atoms with Crippen LogP contribution in [0.25, 0.3) is 0 Å². The molecule has 0 amide bonds. The maximum Gasteiger partial charge on any atom is 0.323 e. The molecule has 21 heavy (non-hydrogen) atoms. The van der Waals surface area contributed by atoms with Gasteiger partial charge in [0.15, 0.2) is 0 Å². The normalized spacial score (nSPS) is 16.2. The fourth-order valence-electron chi connectivity index (χ4n) is 2.74. The highest BCUT2D eigenvalue weighted by molar-refractivity contribution is 5.78. The lowest BCUT2D eigenvalue weighted by atomic mass is 9.93. The Hall–Kier alpha value is -0.650. The van der Waals surface area contributed by atoms with E-state index in [0.717, 1.165) is 39.1 Å². The number of carbonyl (C=O) groups is 1. The topological polar surface area (TPSA) is 55.8 Å². The zero-order valence-corrected chi connectivity index (χ0v) is 14.8. The second-order valence-corrected chi connectivity index (χ2v) is 5.95. The summed E-state index contributed by atoms with van der Waals surface area (Å²) in [6.45, 7) is 15.7. The van der Waals surface area contributed by atoms with Crippen LogP contribution in [-0.4, -0.2) is 72.2 Å². The number of hydrogen-bond donors (Lipinski definition) is 2. The number of nitrogens with one attached hydrogen (secondary N) is 1. The standard InChI is InChI=1S/C16H35N3O2/c1-7-18(8-2)11-10-12-19(9-3)14(4)13-16(5,17-6)15(20)21/h14,17H,7-13H2,1-6H3,(H,20,21). The minimum atomic E-state index is -0.855. The number of carboxylic acid groups (broad SMARTS) is 1. The predicted octanol–water partition coefficient (Wildman–Crippen LogP) is 1.88. The van der Waals surface area contributed by atoms with Gasteiger partial charge in [0, 0.05) is 6.04 Å². The van der Waals surface area contributed by atoms with Crippen molar-refractivity contribution in [3.63, 3.8) is 0 Å². The maximum absolute atomic E-state index is 11.4. The molecule has 0 radical (unpaired) electrons. The van der Waals surface area contributed by atoms with Gasteiger partial charge in [-0.2, -0.15) is 0 Å². The summed E-state index contributed by atoms with van der Waals surface area (Å²) in [5.74, 6) is -0.781. The Kier molecular flexibility index (Phi) is 9.83. The van der Waals surface area contributed by atoms with Crippen molar-refractivity contribution in [3.05, 3.63) is 0 Å². The number of nitrogens with zero attached hydrogens (tertiary/aromatic N) is 2. The summed E-state index contributed by atoms with van der Waals surface area (Å²) in [7, 11) is 1.72. The van der Waals surface area contributed by atoms with E-state index in [2.05, 4.69) is 42.8 Å². The molecule has 2 unspecified atom stereocenters. The summed E-state index contributed by atoms with van der Waals surface area (Å²) < 4.78 is 0. The third kappa shape index (κ3) is 6.76. The molecule has 0 rings (SSSR count). The van der Waals surface area contributed by atoms with E-state index >= 15 is 0 Å². The molecule has 126 valence electrons. The SMILES string of the molecule is CCN(CC)CCCN(CC)C(C)CC(C)(NC)C(=O)O. The van der Waals surface area contributed by atoms with E-state index in [1.54, 1.807) is 14.0 Å². The van der Waals surface area contributed by atoms with Gasteiger partial charge in [-0.1, -0.05) is 20.8 Å². The summed E-state index contributed by atoms with van der Waals surface area (Å²) in [5.41, 5.74) is -0.855. The fourth-order valence-corrected chi connectivity index (χ4v) is 2.74. The van der Waals surface area contributed by atoms with Gasteiger partial charge in [0.25, 0.3) is 0 Å². The Morgan fingerprint density at radius 3 is 2.14 bits per heavy atom. The molecule has 0 bridgehead atoms. The monoisotopic (exact) mass is 301 g/mol. The van der Waals surface area contributed by atoms with Gasteiger partial charge in [-0.05, 0) is 66.5 Å². The van der Waals surface area contributed by atoms with Gasteiger partial charge < -0.3 is 20.2 Å². The van der Waals surface area contributed by atoms with Crippen LogP contribution in [-0.2, 0) is 4.79 Å². The molecule has 0 spiro atoms. The predicted molar refractivity (Wildman–Crippen MR) is 88.8 cm³/mol. The van der Waals surface area contributed by atoms with Gasteiger partial charge >= 0.3 is 5.97 Å². The number of carboxylic acids is 1. The summed E-state index contributed by atoms with van der Waals surface area (Å²) in [4.78, 5) is 16.2. The van der Waals surface area contributed by atoms with E-state index in [1.165, 1.54) is 0 Å². The molecule has 0 aliphatic rings. The number of likely N-dealkylation sites (N-methyl/N-ethyl adjacent to an activating group) is 1. The fraction of sp³-hybridized carbons (Fsp3) is 0.938. The van der Waals surface area contributed by atoms with E-state index < -0.39 is 11.5 Å². The van der Waals surface area contributed by atoms with Crippen molar-refractivity contribution in [2.24, 2.45) is 0 Å². The van der Waals surface area contributed by atoms with E-state index in [-0.39, 0.29) is 6.04 Å². The average molecular weight is 301 g/mol. The third-order valence-corrected chi connectivity index (χ3v) is 4.57. The molecule has 0 aliphatic carbocycles. The first-order chi connectivity index (χ1) is 9.84. The Morgan fingerprint density at radius 2 is 1.76 bits per heavy atom. The molecular formula is C16H35N3O2. The molecule has 5 nitrogen and oxygen atoms in total. The number of aliphatic carboxylic acids is 1.